The summed E-state index contributed by atoms with van der Waals surface area (Å²) in [6.45, 7) is 0. The van der Waals surface area contributed by atoms with Crippen molar-refractivity contribution in [1.29, 1.82) is 0 Å². The quantitative estimate of drug-likeness (QED) is 0.542. The van der Waals surface area contributed by atoms with Gasteiger partial charge in [-0.2, -0.15) is 0 Å². The van der Waals surface area contributed by atoms with Gasteiger partial charge in [-0.25, -0.2) is 0 Å². The predicted molar refractivity (Wildman–Crippen MR) is 32.5 cm³/mol. The Hall–Kier alpha value is -0.860. The molecule has 0 aromatic carbocycles. The lowest BCUT2D eigenvalue weighted by molar-refractivity contribution is 1.11. The van der Waals surface area contributed by atoms with E-state index in [9.17, 15) is 0 Å². The van der Waals surface area contributed by atoms with E-state index >= 15 is 0 Å². The van der Waals surface area contributed by atoms with Gasteiger partial charge in [-0.1, -0.05) is 7.43 Å². The molecule has 1 N–H and O–H groups in total. The Kier molecular flexibility index (Phi) is 18.6. The molecule has 0 spiro atoms. The minimum atomic E-state index is 0. The van der Waals surface area contributed by atoms with E-state index in [1.54, 1.807) is 0 Å². The molecular formula is C5H11F2N. The maximum absolute atomic E-state index is 2.86. The Morgan fingerprint density at radius 2 is 1.25 bits per heavy atom. The van der Waals surface area contributed by atoms with E-state index in [4.69, 9.17) is 0 Å². The lowest BCUT2D eigenvalue weighted by Gasteiger charge is -1.49. The molecule has 0 amide bonds. The number of nitrogens with one attached hydrogen (secondary N) is 1. The van der Waals surface area contributed by atoms with Gasteiger partial charge in [0, 0.05) is 12.4 Å². The lowest BCUT2D eigenvalue weighted by atomic mass is 10.7. The van der Waals surface area contributed by atoms with Gasteiger partial charge in [0.1, 0.15) is 0 Å². The van der Waals surface area contributed by atoms with Gasteiger partial charge >= 0.3 is 0 Å². The maximum Gasteiger partial charge on any atom is 0.000496 e. The highest BCUT2D eigenvalue weighted by atomic mass is 19.0. The van der Waals surface area contributed by atoms with Crippen molar-refractivity contribution < 1.29 is 9.41 Å². The number of rotatable bonds is 0. The number of H-pyrrole nitrogens is 1. The molecule has 3 heteroatoms. The minimum Gasteiger partial charge on any atom is -0.368 e. The molecule has 0 aliphatic heterocycles. The first kappa shape index (κ1) is 15.7. The highest BCUT2D eigenvalue weighted by Crippen LogP contribution is 1.72. The number of halogens is 2. The van der Waals surface area contributed by atoms with Crippen LogP contribution in [0.4, 0.5) is 9.41 Å². The molecule has 1 rings (SSSR count). The van der Waals surface area contributed by atoms with E-state index in [0.717, 1.165) is 0 Å². The summed E-state index contributed by atoms with van der Waals surface area (Å²) in [4.78, 5) is 2.86. The summed E-state index contributed by atoms with van der Waals surface area (Å²) >= 11 is 0. The summed E-state index contributed by atoms with van der Waals surface area (Å²) in [5.74, 6) is 0. The molecule has 0 bridgehead atoms. The number of hydrogen-bond donors (Lipinski definition) is 1. The van der Waals surface area contributed by atoms with E-state index in [0.29, 0.717) is 0 Å². The second-order valence-corrected chi connectivity index (χ2v) is 0.885. The molecule has 0 saturated heterocycles. The molecule has 0 radical (unpaired) electrons. The fourth-order valence-corrected chi connectivity index (χ4v) is 0.278. The van der Waals surface area contributed by atoms with Gasteiger partial charge in [0.05, 0.1) is 0 Å². The molecule has 1 aromatic heterocycles. The second kappa shape index (κ2) is 9.46. The van der Waals surface area contributed by atoms with Crippen LogP contribution in [0.15, 0.2) is 24.5 Å². The highest BCUT2D eigenvalue weighted by molar-refractivity contribution is 4.84. The topological polar surface area (TPSA) is 15.8 Å². The zero-order valence-corrected chi connectivity index (χ0v) is 3.63. The first-order valence-electron chi connectivity index (χ1n) is 1.58. The molecule has 0 fully saturated rings. The Balaban J connectivity index is -0.0000000833. The van der Waals surface area contributed by atoms with Gasteiger partial charge < -0.3 is 4.98 Å². The minimum absolute atomic E-state index is 0. The predicted octanol–water partition coefficient (Wildman–Crippen LogP) is 1.96. The summed E-state index contributed by atoms with van der Waals surface area (Å²) in [5, 5.41) is 0. The lowest BCUT2D eigenvalue weighted by Crippen LogP contribution is -1.38. The summed E-state index contributed by atoms with van der Waals surface area (Å²) in [6.07, 6.45) is 3.75. The van der Waals surface area contributed by atoms with E-state index in [-0.39, 0.29) is 16.8 Å². The number of aromatic amines is 1. The zero-order valence-electron chi connectivity index (χ0n) is 3.63. The molecule has 1 heterocycles. The SMILES string of the molecule is C.F.F.c1cc[nH]c1. The Morgan fingerprint density at radius 1 is 0.875 bits per heavy atom. The molecule has 50 valence electrons. The first-order chi connectivity index (χ1) is 2.50. The standard InChI is InChI=1S/C4H5N.CH4.2FH/c1-2-4-5-3-1;;;/h1-5H;1H4;2*1H. The van der Waals surface area contributed by atoms with Gasteiger partial charge in [-0.05, 0) is 12.1 Å². The van der Waals surface area contributed by atoms with Crippen LogP contribution in [0.5, 0.6) is 0 Å². The maximum atomic E-state index is 2.86. The van der Waals surface area contributed by atoms with E-state index in [2.05, 4.69) is 4.98 Å². The van der Waals surface area contributed by atoms with Crippen LogP contribution in [0.1, 0.15) is 7.43 Å². The average molecular weight is 123 g/mol. The van der Waals surface area contributed by atoms with Crippen LogP contribution in [0.25, 0.3) is 0 Å². The van der Waals surface area contributed by atoms with E-state index in [1.807, 2.05) is 24.5 Å². The van der Waals surface area contributed by atoms with Crippen LogP contribution in [0.3, 0.4) is 0 Å². The molecular weight excluding hydrogens is 112 g/mol. The van der Waals surface area contributed by atoms with E-state index < -0.39 is 0 Å². The third kappa shape index (κ3) is 5.14. The summed E-state index contributed by atoms with van der Waals surface area (Å²) in [5.41, 5.74) is 0. The van der Waals surface area contributed by atoms with Gasteiger partial charge in [-0.3, -0.25) is 9.41 Å². The second-order valence-electron chi connectivity index (χ2n) is 0.885. The van der Waals surface area contributed by atoms with Crippen molar-refractivity contribution in [3.8, 4) is 0 Å². The molecule has 0 atom stereocenters. The summed E-state index contributed by atoms with van der Waals surface area (Å²) in [6, 6.07) is 3.89. The van der Waals surface area contributed by atoms with Gasteiger partial charge in [0.2, 0.25) is 0 Å². The largest absolute Gasteiger partial charge is 0.368 e. The number of aromatic nitrogens is 1. The first-order valence-corrected chi connectivity index (χ1v) is 1.58. The molecule has 1 nitrogen and oxygen atoms in total. The number of hydrogen-bond acceptors (Lipinski definition) is 0. The fraction of sp³-hybridized carbons (Fsp3) is 0.200. The Morgan fingerprint density at radius 3 is 1.38 bits per heavy atom. The zero-order chi connectivity index (χ0) is 3.54. The van der Waals surface area contributed by atoms with Crippen molar-refractivity contribution >= 4 is 0 Å². The van der Waals surface area contributed by atoms with Gasteiger partial charge in [0.25, 0.3) is 0 Å². The molecule has 0 saturated carbocycles. The fourth-order valence-electron chi connectivity index (χ4n) is 0.278. The third-order valence-electron chi connectivity index (χ3n) is 0.496. The van der Waals surface area contributed by atoms with Crippen LogP contribution in [0.2, 0.25) is 0 Å². The Bertz CT molecular complexity index is 66.9. The third-order valence-corrected chi connectivity index (χ3v) is 0.496. The molecule has 1 aromatic rings. The van der Waals surface area contributed by atoms with Crippen LogP contribution >= 0.6 is 0 Å². The van der Waals surface area contributed by atoms with Crippen LogP contribution < -0.4 is 0 Å². The molecule has 0 aliphatic rings. The Labute approximate surface area is 47.5 Å². The van der Waals surface area contributed by atoms with Crippen LogP contribution in [-0.4, -0.2) is 4.98 Å². The van der Waals surface area contributed by atoms with E-state index in [1.165, 1.54) is 0 Å². The summed E-state index contributed by atoms with van der Waals surface area (Å²) in [7, 11) is 0. The molecule has 8 heavy (non-hydrogen) atoms. The van der Waals surface area contributed by atoms with Gasteiger partial charge in [-0.15, -0.1) is 0 Å². The van der Waals surface area contributed by atoms with Crippen molar-refractivity contribution in [2.75, 3.05) is 0 Å². The summed E-state index contributed by atoms with van der Waals surface area (Å²) < 4.78 is 0. The van der Waals surface area contributed by atoms with Crippen molar-refractivity contribution in [2.45, 2.75) is 7.43 Å². The van der Waals surface area contributed by atoms with Gasteiger partial charge in [0.15, 0.2) is 0 Å². The average Bonchev–Trinajstić information content (AvgIpc) is 1.76. The van der Waals surface area contributed by atoms with Crippen molar-refractivity contribution in [2.24, 2.45) is 0 Å². The van der Waals surface area contributed by atoms with Crippen molar-refractivity contribution in [3.63, 3.8) is 0 Å². The highest BCUT2D eigenvalue weighted by Gasteiger charge is 1.55. The monoisotopic (exact) mass is 123 g/mol. The smallest absolute Gasteiger partial charge is 0.000496 e. The van der Waals surface area contributed by atoms with Crippen molar-refractivity contribution in [3.05, 3.63) is 24.5 Å². The van der Waals surface area contributed by atoms with Crippen LogP contribution in [0, 0.1) is 0 Å². The molecule has 0 unspecified atom stereocenters. The normalized spacial score (nSPS) is 5.00. The molecule has 0 aliphatic carbocycles. The van der Waals surface area contributed by atoms with Crippen molar-refractivity contribution in [1.82, 2.24) is 4.98 Å². The van der Waals surface area contributed by atoms with Crippen LogP contribution in [-0.2, 0) is 0 Å².